The molecule has 18 heavy (non-hydrogen) atoms. The number of hydrogen-bond acceptors (Lipinski definition) is 3. The number of aromatic hydroxyl groups is 1. The fourth-order valence-electron chi connectivity index (χ4n) is 1.61. The SMILES string of the molecule is CCC(NCC(F)(F)CO)c1cc(Br)ccc1O. The van der Waals surface area contributed by atoms with Crippen molar-refractivity contribution in [1.82, 2.24) is 5.32 Å². The molecule has 0 aromatic heterocycles. The van der Waals surface area contributed by atoms with E-state index in [0.29, 0.717) is 12.0 Å². The van der Waals surface area contributed by atoms with Crippen LogP contribution in [0.5, 0.6) is 5.75 Å². The summed E-state index contributed by atoms with van der Waals surface area (Å²) >= 11 is 3.27. The zero-order valence-electron chi connectivity index (χ0n) is 9.96. The molecule has 0 aliphatic heterocycles. The quantitative estimate of drug-likeness (QED) is 0.754. The number of hydrogen-bond donors (Lipinski definition) is 3. The zero-order chi connectivity index (χ0) is 13.8. The largest absolute Gasteiger partial charge is 0.508 e. The minimum atomic E-state index is -3.16. The molecule has 3 nitrogen and oxygen atoms in total. The lowest BCUT2D eigenvalue weighted by molar-refractivity contribution is -0.0495. The van der Waals surface area contributed by atoms with Crippen molar-refractivity contribution in [1.29, 1.82) is 0 Å². The lowest BCUT2D eigenvalue weighted by Crippen LogP contribution is -2.37. The molecule has 0 saturated heterocycles. The molecular weight excluding hydrogens is 308 g/mol. The summed E-state index contributed by atoms with van der Waals surface area (Å²) in [7, 11) is 0. The molecule has 1 unspecified atom stereocenters. The summed E-state index contributed by atoms with van der Waals surface area (Å²) in [6.45, 7) is 0.00393. The second kappa shape index (κ2) is 6.45. The van der Waals surface area contributed by atoms with Gasteiger partial charge in [-0.15, -0.1) is 0 Å². The van der Waals surface area contributed by atoms with E-state index in [1.807, 2.05) is 6.92 Å². The highest BCUT2D eigenvalue weighted by atomic mass is 79.9. The molecule has 0 aliphatic carbocycles. The van der Waals surface area contributed by atoms with Crippen LogP contribution >= 0.6 is 15.9 Å². The van der Waals surface area contributed by atoms with Gasteiger partial charge in [-0.1, -0.05) is 22.9 Å². The third kappa shape index (κ3) is 4.19. The molecule has 0 amide bonds. The lowest BCUT2D eigenvalue weighted by Gasteiger charge is -2.22. The van der Waals surface area contributed by atoms with E-state index in [9.17, 15) is 13.9 Å². The Balaban J connectivity index is 2.80. The topological polar surface area (TPSA) is 52.5 Å². The number of phenolic OH excluding ortho intramolecular Hbond substituents is 1. The van der Waals surface area contributed by atoms with Gasteiger partial charge in [-0.3, -0.25) is 0 Å². The summed E-state index contributed by atoms with van der Waals surface area (Å²) in [5.41, 5.74) is 0.556. The molecule has 0 radical (unpaired) electrons. The molecule has 0 heterocycles. The summed E-state index contributed by atoms with van der Waals surface area (Å²) in [4.78, 5) is 0. The van der Waals surface area contributed by atoms with Crippen molar-refractivity contribution in [2.24, 2.45) is 0 Å². The van der Waals surface area contributed by atoms with Gasteiger partial charge in [-0.2, -0.15) is 0 Å². The van der Waals surface area contributed by atoms with Crippen LogP contribution in [0, 0.1) is 0 Å². The number of aliphatic hydroxyl groups excluding tert-OH is 1. The van der Waals surface area contributed by atoms with E-state index < -0.39 is 19.1 Å². The maximum Gasteiger partial charge on any atom is 0.282 e. The first kappa shape index (κ1) is 15.3. The Bertz CT molecular complexity index is 402. The highest BCUT2D eigenvalue weighted by Gasteiger charge is 2.28. The Morgan fingerprint density at radius 1 is 1.44 bits per heavy atom. The third-order valence-corrected chi connectivity index (χ3v) is 3.10. The number of rotatable bonds is 6. The summed E-state index contributed by atoms with van der Waals surface area (Å²) in [6, 6.07) is 4.48. The van der Waals surface area contributed by atoms with Crippen molar-refractivity contribution in [3.8, 4) is 5.75 Å². The Kier molecular flexibility index (Phi) is 5.49. The normalized spacial score (nSPS) is 13.6. The van der Waals surface area contributed by atoms with Crippen molar-refractivity contribution in [2.45, 2.75) is 25.3 Å². The molecular formula is C12H16BrF2NO2. The van der Waals surface area contributed by atoms with E-state index >= 15 is 0 Å². The van der Waals surface area contributed by atoms with Crippen LogP contribution in [0.2, 0.25) is 0 Å². The second-order valence-electron chi connectivity index (χ2n) is 4.06. The van der Waals surface area contributed by atoms with E-state index in [0.717, 1.165) is 4.47 Å². The predicted octanol–water partition coefficient (Wildman–Crippen LogP) is 2.82. The molecule has 0 aliphatic rings. The van der Waals surface area contributed by atoms with Crippen molar-refractivity contribution in [2.75, 3.05) is 13.2 Å². The number of nitrogens with one attached hydrogen (secondary N) is 1. The highest BCUT2D eigenvalue weighted by Crippen LogP contribution is 2.29. The average molecular weight is 324 g/mol. The molecule has 3 N–H and O–H groups in total. The van der Waals surface area contributed by atoms with Crippen LogP contribution in [0.4, 0.5) is 8.78 Å². The van der Waals surface area contributed by atoms with Gasteiger partial charge in [0, 0.05) is 16.1 Å². The number of phenols is 1. The molecule has 102 valence electrons. The fraction of sp³-hybridized carbons (Fsp3) is 0.500. The Morgan fingerprint density at radius 3 is 2.67 bits per heavy atom. The standard InChI is InChI=1S/C12H16BrF2NO2/c1-2-10(16-6-12(14,15)7-17)9-5-8(13)3-4-11(9)18/h3-5,10,16-18H,2,6-7H2,1H3. The van der Waals surface area contributed by atoms with Gasteiger partial charge in [0.1, 0.15) is 12.4 Å². The van der Waals surface area contributed by atoms with Crippen molar-refractivity contribution in [3.05, 3.63) is 28.2 Å². The molecule has 1 aromatic rings. The van der Waals surface area contributed by atoms with Gasteiger partial charge < -0.3 is 15.5 Å². The van der Waals surface area contributed by atoms with Gasteiger partial charge in [0.2, 0.25) is 0 Å². The molecule has 0 saturated carbocycles. The summed E-state index contributed by atoms with van der Waals surface area (Å²) < 4.78 is 26.7. The molecule has 1 atom stereocenters. The summed E-state index contributed by atoms with van der Waals surface area (Å²) in [6.07, 6.45) is 0.547. The van der Waals surface area contributed by atoms with Crippen molar-refractivity contribution >= 4 is 15.9 Å². The van der Waals surface area contributed by atoms with Crippen LogP contribution < -0.4 is 5.32 Å². The van der Waals surface area contributed by atoms with Gasteiger partial charge in [0.05, 0.1) is 6.54 Å². The van der Waals surface area contributed by atoms with Gasteiger partial charge in [-0.25, -0.2) is 8.78 Å². The van der Waals surface area contributed by atoms with Crippen LogP contribution in [-0.2, 0) is 0 Å². The zero-order valence-corrected chi connectivity index (χ0v) is 11.5. The molecule has 6 heteroatoms. The van der Waals surface area contributed by atoms with Gasteiger partial charge in [0.15, 0.2) is 0 Å². The number of alkyl halides is 2. The minimum absolute atomic E-state index is 0.0601. The van der Waals surface area contributed by atoms with Gasteiger partial charge in [-0.05, 0) is 24.6 Å². The number of benzene rings is 1. The minimum Gasteiger partial charge on any atom is -0.508 e. The van der Waals surface area contributed by atoms with E-state index in [-0.39, 0.29) is 11.8 Å². The second-order valence-corrected chi connectivity index (χ2v) is 4.97. The Morgan fingerprint density at radius 2 is 2.11 bits per heavy atom. The van der Waals surface area contributed by atoms with Crippen molar-refractivity contribution < 1.29 is 19.0 Å². The molecule has 1 rings (SSSR count). The Hall–Kier alpha value is -0.720. The van der Waals surface area contributed by atoms with Crippen molar-refractivity contribution in [3.63, 3.8) is 0 Å². The molecule has 0 fully saturated rings. The fourth-order valence-corrected chi connectivity index (χ4v) is 1.99. The van der Waals surface area contributed by atoms with E-state index in [1.54, 1.807) is 12.1 Å². The van der Waals surface area contributed by atoms with Crippen LogP contribution in [0.1, 0.15) is 24.9 Å². The predicted molar refractivity (Wildman–Crippen MR) is 68.9 cm³/mol. The molecule has 1 aromatic carbocycles. The highest BCUT2D eigenvalue weighted by molar-refractivity contribution is 9.10. The van der Waals surface area contributed by atoms with Crippen LogP contribution in [0.15, 0.2) is 22.7 Å². The lowest BCUT2D eigenvalue weighted by atomic mass is 10.0. The van der Waals surface area contributed by atoms with Crippen LogP contribution in [0.25, 0.3) is 0 Å². The average Bonchev–Trinajstić information content (AvgIpc) is 2.34. The smallest absolute Gasteiger partial charge is 0.282 e. The molecule has 0 spiro atoms. The maximum atomic E-state index is 13.0. The first-order valence-electron chi connectivity index (χ1n) is 5.60. The van der Waals surface area contributed by atoms with Crippen LogP contribution in [0.3, 0.4) is 0 Å². The van der Waals surface area contributed by atoms with Gasteiger partial charge in [0.25, 0.3) is 5.92 Å². The third-order valence-electron chi connectivity index (χ3n) is 2.61. The van der Waals surface area contributed by atoms with E-state index in [4.69, 9.17) is 5.11 Å². The van der Waals surface area contributed by atoms with Gasteiger partial charge >= 0.3 is 0 Å². The molecule has 0 bridgehead atoms. The van der Waals surface area contributed by atoms with E-state index in [1.165, 1.54) is 6.07 Å². The monoisotopic (exact) mass is 323 g/mol. The first-order valence-corrected chi connectivity index (χ1v) is 6.39. The van der Waals surface area contributed by atoms with Crippen LogP contribution in [-0.4, -0.2) is 29.3 Å². The van der Waals surface area contributed by atoms with E-state index in [2.05, 4.69) is 21.2 Å². The first-order chi connectivity index (χ1) is 8.39. The summed E-state index contributed by atoms with van der Waals surface area (Å²) in [5, 5.41) is 20.9. The maximum absolute atomic E-state index is 13.0. The number of halogens is 3. The Labute approximate surface area is 113 Å². The summed E-state index contributed by atoms with van der Waals surface area (Å²) in [5.74, 6) is -3.10. The number of aliphatic hydroxyl groups is 1.